The zero-order valence-corrected chi connectivity index (χ0v) is 14.0. The first-order valence-electron chi connectivity index (χ1n) is 8.28. The van der Waals surface area contributed by atoms with E-state index in [1.54, 1.807) is 14.2 Å². The Hall–Kier alpha value is -1.75. The summed E-state index contributed by atoms with van der Waals surface area (Å²) in [7, 11) is 3.27. The summed E-state index contributed by atoms with van der Waals surface area (Å²) in [4.78, 5) is 14.4. The molecule has 1 atom stereocenters. The van der Waals surface area contributed by atoms with Gasteiger partial charge < -0.3 is 19.1 Å². The van der Waals surface area contributed by atoms with Gasteiger partial charge in [-0.3, -0.25) is 4.79 Å². The lowest BCUT2D eigenvalue weighted by Crippen LogP contribution is -2.32. The second-order valence-corrected chi connectivity index (χ2v) is 6.42. The summed E-state index contributed by atoms with van der Waals surface area (Å²) < 4.78 is 16.6. The number of rotatable bonds is 4. The molecule has 126 valence electrons. The summed E-state index contributed by atoms with van der Waals surface area (Å²) in [6, 6.07) is 5.76. The smallest absolute Gasteiger partial charge is 0.222 e. The van der Waals surface area contributed by atoms with Crippen LogP contribution in [0, 0.1) is 0 Å². The van der Waals surface area contributed by atoms with Gasteiger partial charge in [-0.2, -0.15) is 0 Å². The molecule has 0 bridgehead atoms. The standard InChI is InChI=1S/C18H25NO4/c1-21-15-10-14(11-16(12-15)22-2)13-19-8-7-18(5-3-9-23-18)6-4-17(19)20/h10-12H,3-9,13H2,1-2H3/t18-/m1/s1. The van der Waals surface area contributed by atoms with Crippen LogP contribution in [-0.4, -0.2) is 43.8 Å². The third-order valence-electron chi connectivity index (χ3n) is 4.95. The van der Waals surface area contributed by atoms with Crippen molar-refractivity contribution >= 4 is 5.91 Å². The van der Waals surface area contributed by atoms with E-state index >= 15 is 0 Å². The maximum Gasteiger partial charge on any atom is 0.222 e. The van der Waals surface area contributed by atoms with Gasteiger partial charge in [0.25, 0.3) is 0 Å². The van der Waals surface area contributed by atoms with Gasteiger partial charge in [-0.1, -0.05) is 0 Å². The highest BCUT2D eigenvalue weighted by Gasteiger charge is 2.38. The zero-order chi connectivity index (χ0) is 16.3. The first kappa shape index (κ1) is 16.1. The van der Waals surface area contributed by atoms with Crippen molar-refractivity contribution in [2.75, 3.05) is 27.4 Å². The van der Waals surface area contributed by atoms with Crippen molar-refractivity contribution in [1.82, 2.24) is 4.90 Å². The van der Waals surface area contributed by atoms with Crippen LogP contribution < -0.4 is 9.47 Å². The highest BCUT2D eigenvalue weighted by Crippen LogP contribution is 2.36. The van der Waals surface area contributed by atoms with Gasteiger partial charge >= 0.3 is 0 Å². The van der Waals surface area contributed by atoms with E-state index in [1.165, 1.54) is 0 Å². The highest BCUT2D eigenvalue weighted by molar-refractivity contribution is 5.76. The minimum Gasteiger partial charge on any atom is -0.497 e. The maximum atomic E-state index is 12.5. The minimum absolute atomic E-state index is 0.0590. The number of hydrogen-bond donors (Lipinski definition) is 0. The molecule has 0 radical (unpaired) electrons. The molecular formula is C18H25NO4. The van der Waals surface area contributed by atoms with Crippen molar-refractivity contribution in [3.63, 3.8) is 0 Å². The number of carbonyl (C=O) groups excluding carboxylic acids is 1. The van der Waals surface area contributed by atoms with Gasteiger partial charge in [-0.25, -0.2) is 0 Å². The van der Waals surface area contributed by atoms with Crippen molar-refractivity contribution in [3.05, 3.63) is 23.8 Å². The molecule has 1 spiro atoms. The van der Waals surface area contributed by atoms with Gasteiger partial charge in [0.15, 0.2) is 0 Å². The fourth-order valence-corrected chi connectivity index (χ4v) is 3.58. The summed E-state index contributed by atoms with van der Waals surface area (Å²) in [6.45, 7) is 2.17. The number of likely N-dealkylation sites (tertiary alicyclic amines) is 1. The van der Waals surface area contributed by atoms with Gasteiger partial charge in [0, 0.05) is 32.2 Å². The van der Waals surface area contributed by atoms with E-state index < -0.39 is 0 Å². The van der Waals surface area contributed by atoms with Crippen LogP contribution in [0.4, 0.5) is 0 Å². The Kier molecular flexibility index (Phi) is 4.76. The Balaban J connectivity index is 1.72. The SMILES string of the molecule is COc1cc(CN2CC[C@@]3(CCCO3)CCC2=O)cc(OC)c1. The number of methoxy groups -OCH3 is 2. The molecule has 0 N–H and O–H groups in total. The summed E-state index contributed by atoms with van der Waals surface area (Å²) in [6.07, 6.45) is 4.55. The van der Waals surface area contributed by atoms with E-state index in [-0.39, 0.29) is 11.5 Å². The van der Waals surface area contributed by atoms with Crippen molar-refractivity contribution in [2.45, 2.75) is 44.2 Å². The van der Waals surface area contributed by atoms with Crippen LogP contribution in [0.5, 0.6) is 11.5 Å². The zero-order valence-electron chi connectivity index (χ0n) is 14.0. The molecule has 3 rings (SSSR count). The van der Waals surface area contributed by atoms with E-state index in [0.29, 0.717) is 13.0 Å². The van der Waals surface area contributed by atoms with E-state index in [2.05, 4.69) is 0 Å². The molecule has 2 aliphatic heterocycles. The Morgan fingerprint density at radius 1 is 1.13 bits per heavy atom. The Labute approximate surface area is 137 Å². The number of hydrogen-bond acceptors (Lipinski definition) is 4. The molecule has 23 heavy (non-hydrogen) atoms. The summed E-state index contributed by atoms with van der Waals surface area (Å²) >= 11 is 0. The average Bonchev–Trinajstić information content (AvgIpc) is 2.99. The first-order valence-corrected chi connectivity index (χ1v) is 8.28. The van der Waals surface area contributed by atoms with E-state index in [1.807, 2.05) is 23.1 Å². The van der Waals surface area contributed by atoms with Crippen molar-refractivity contribution < 1.29 is 19.0 Å². The van der Waals surface area contributed by atoms with Gasteiger partial charge in [0.2, 0.25) is 5.91 Å². The lowest BCUT2D eigenvalue weighted by molar-refractivity contribution is -0.131. The number of carbonyl (C=O) groups is 1. The Bertz CT molecular complexity index is 544. The summed E-state index contributed by atoms with van der Waals surface area (Å²) in [5.74, 6) is 1.70. The van der Waals surface area contributed by atoms with E-state index in [4.69, 9.17) is 14.2 Å². The quantitative estimate of drug-likeness (QED) is 0.856. The molecule has 1 aromatic rings. The molecule has 2 fully saturated rings. The molecule has 0 aliphatic carbocycles. The third-order valence-corrected chi connectivity index (χ3v) is 4.95. The minimum atomic E-state index is -0.0590. The third kappa shape index (κ3) is 3.61. The van der Waals surface area contributed by atoms with Crippen LogP contribution in [0.3, 0.4) is 0 Å². The maximum absolute atomic E-state index is 12.5. The van der Waals surface area contributed by atoms with Crippen LogP contribution in [0.2, 0.25) is 0 Å². The molecule has 1 amide bonds. The van der Waals surface area contributed by atoms with Crippen LogP contribution in [0.1, 0.15) is 37.7 Å². The number of amides is 1. The molecule has 2 saturated heterocycles. The predicted octanol–water partition coefficient (Wildman–Crippen LogP) is 2.77. The largest absolute Gasteiger partial charge is 0.497 e. The fourth-order valence-electron chi connectivity index (χ4n) is 3.58. The molecule has 2 aliphatic rings. The Morgan fingerprint density at radius 2 is 1.87 bits per heavy atom. The fraction of sp³-hybridized carbons (Fsp3) is 0.611. The lowest BCUT2D eigenvalue weighted by atomic mass is 9.92. The average molecular weight is 319 g/mol. The van der Waals surface area contributed by atoms with E-state index in [0.717, 1.165) is 55.9 Å². The monoisotopic (exact) mass is 319 g/mol. The van der Waals surface area contributed by atoms with E-state index in [9.17, 15) is 4.79 Å². The molecular weight excluding hydrogens is 294 g/mol. The molecule has 0 aromatic heterocycles. The van der Waals surface area contributed by atoms with Gasteiger partial charge in [0.05, 0.1) is 19.8 Å². The van der Waals surface area contributed by atoms with Crippen LogP contribution in [0.25, 0.3) is 0 Å². The normalized spacial score (nSPS) is 24.8. The Morgan fingerprint density at radius 3 is 2.48 bits per heavy atom. The molecule has 1 aromatic carbocycles. The molecule has 2 heterocycles. The van der Waals surface area contributed by atoms with Gasteiger partial charge in [-0.15, -0.1) is 0 Å². The number of benzene rings is 1. The molecule has 0 unspecified atom stereocenters. The number of ether oxygens (including phenoxy) is 3. The van der Waals surface area contributed by atoms with Crippen LogP contribution in [0.15, 0.2) is 18.2 Å². The van der Waals surface area contributed by atoms with Crippen LogP contribution in [-0.2, 0) is 16.1 Å². The second-order valence-electron chi connectivity index (χ2n) is 6.42. The predicted molar refractivity (Wildman–Crippen MR) is 86.7 cm³/mol. The van der Waals surface area contributed by atoms with Gasteiger partial charge in [0.1, 0.15) is 11.5 Å². The lowest BCUT2D eigenvalue weighted by Gasteiger charge is -2.26. The summed E-state index contributed by atoms with van der Waals surface area (Å²) in [5, 5.41) is 0. The second kappa shape index (κ2) is 6.79. The molecule has 5 heteroatoms. The van der Waals surface area contributed by atoms with Crippen molar-refractivity contribution in [3.8, 4) is 11.5 Å². The van der Waals surface area contributed by atoms with Gasteiger partial charge in [-0.05, 0) is 43.4 Å². The highest BCUT2D eigenvalue weighted by atomic mass is 16.5. The van der Waals surface area contributed by atoms with Crippen molar-refractivity contribution in [1.29, 1.82) is 0 Å². The van der Waals surface area contributed by atoms with Crippen LogP contribution >= 0.6 is 0 Å². The molecule has 0 saturated carbocycles. The topological polar surface area (TPSA) is 48.0 Å². The van der Waals surface area contributed by atoms with Crippen molar-refractivity contribution in [2.24, 2.45) is 0 Å². The molecule has 5 nitrogen and oxygen atoms in total. The first-order chi connectivity index (χ1) is 11.1. The number of nitrogens with zero attached hydrogens (tertiary/aromatic N) is 1. The summed E-state index contributed by atoms with van der Waals surface area (Å²) in [5.41, 5.74) is 0.967.